The largest absolute Gasteiger partial charge is 0.376 e. The Kier molecular flexibility index (Phi) is 2.19. The van der Waals surface area contributed by atoms with Gasteiger partial charge in [-0.15, -0.1) is 0 Å². The number of hydrogen-bond donors (Lipinski definition) is 0. The molecular weight excluding hydrogens is 176 g/mol. The molecule has 1 aromatic rings. The molecule has 0 N–H and O–H groups in total. The number of nitrogens with zero attached hydrogens (tertiary/aromatic N) is 2. The first kappa shape index (κ1) is 8.76. The maximum Gasteiger partial charge on any atom is 0.218 e. The van der Waals surface area contributed by atoms with Gasteiger partial charge in [-0.1, -0.05) is 35.0 Å². The Labute approximate surface area is 82.6 Å². The molecule has 0 amide bonds. The van der Waals surface area contributed by atoms with Crippen molar-refractivity contribution in [3.05, 3.63) is 35.4 Å². The summed E-state index contributed by atoms with van der Waals surface area (Å²) in [7, 11) is 0. The van der Waals surface area contributed by atoms with E-state index in [4.69, 9.17) is 10.1 Å². The molecule has 0 saturated carbocycles. The lowest BCUT2D eigenvalue weighted by Crippen LogP contribution is -2.04. The second-order valence-electron chi connectivity index (χ2n) is 3.33. The SMILES string of the molecule is Cc1ccc(C2=NO[C@H](C#N)C2)cc1. The van der Waals surface area contributed by atoms with E-state index >= 15 is 0 Å². The second-order valence-corrected chi connectivity index (χ2v) is 3.33. The normalized spacial score (nSPS) is 19.7. The first-order valence-corrected chi connectivity index (χ1v) is 4.49. The molecule has 0 bridgehead atoms. The molecule has 1 aliphatic heterocycles. The third kappa shape index (κ3) is 1.60. The van der Waals surface area contributed by atoms with E-state index in [0.717, 1.165) is 11.3 Å². The van der Waals surface area contributed by atoms with Crippen molar-refractivity contribution in [2.45, 2.75) is 19.4 Å². The van der Waals surface area contributed by atoms with E-state index in [0.29, 0.717) is 6.42 Å². The molecule has 1 atom stereocenters. The number of benzene rings is 1. The summed E-state index contributed by atoms with van der Waals surface area (Å²) >= 11 is 0. The van der Waals surface area contributed by atoms with Gasteiger partial charge >= 0.3 is 0 Å². The summed E-state index contributed by atoms with van der Waals surface area (Å²) in [5, 5.41) is 12.5. The number of rotatable bonds is 1. The molecule has 0 saturated heterocycles. The lowest BCUT2D eigenvalue weighted by molar-refractivity contribution is 0.125. The molecule has 0 spiro atoms. The van der Waals surface area contributed by atoms with Crippen LogP contribution in [0.1, 0.15) is 17.5 Å². The number of hydrogen-bond acceptors (Lipinski definition) is 3. The summed E-state index contributed by atoms with van der Waals surface area (Å²) in [5.41, 5.74) is 3.11. The molecule has 70 valence electrons. The summed E-state index contributed by atoms with van der Waals surface area (Å²) < 4.78 is 0. The van der Waals surface area contributed by atoms with Gasteiger partial charge in [0.05, 0.1) is 5.71 Å². The second kappa shape index (κ2) is 3.51. The van der Waals surface area contributed by atoms with E-state index in [-0.39, 0.29) is 0 Å². The van der Waals surface area contributed by atoms with Gasteiger partial charge in [-0.3, -0.25) is 0 Å². The molecule has 1 aliphatic rings. The van der Waals surface area contributed by atoms with Gasteiger partial charge in [0, 0.05) is 6.42 Å². The van der Waals surface area contributed by atoms with Crippen LogP contribution in [0.5, 0.6) is 0 Å². The first-order valence-electron chi connectivity index (χ1n) is 4.49. The highest BCUT2D eigenvalue weighted by Gasteiger charge is 2.20. The average molecular weight is 186 g/mol. The predicted octanol–water partition coefficient (Wildman–Crippen LogP) is 2.01. The van der Waals surface area contributed by atoms with Crippen molar-refractivity contribution in [1.29, 1.82) is 5.26 Å². The monoisotopic (exact) mass is 186 g/mol. The molecule has 0 unspecified atom stereocenters. The number of aryl methyl sites for hydroxylation is 1. The molecule has 3 heteroatoms. The Morgan fingerprint density at radius 1 is 1.43 bits per heavy atom. The minimum Gasteiger partial charge on any atom is -0.376 e. The lowest BCUT2D eigenvalue weighted by atomic mass is 10.0. The fourth-order valence-electron chi connectivity index (χ4n) is 1.36. The van der Waals surface area contributed by atoms with Crippen LogP contribution >= 0.6 is 0 Å². The number of nitriles is 1. The molecule has 14 heavy (non-hydrogen) atoms. The van der Waals surface area contributed by atoms with Gasteiger partial charge in [-0.25, -0.2) is 0 Å². The van der Waals surface area contributed by atoms with Gasteiger partial charge in [0.2, 0.25) is 6.10 Å². The Hall–Kier alpha value is -1.82. The third-order valence-corrected chi connectivity index (χ3v) is 2.20. The van der Waals surface area contributed by atoms with Gasteiger partial charge < -0.3 is 4.84 Å². The van der Waals surface area contributed by atoms with Crippen molar-refractivity contribution in [3.8, 4) is 6.07 Å². The average Bonchev–Trinajstić information content (AvgIpc) is 2.67. The molecule has 0 aromatic heterocycles. The van der Waals surface area contributed by atoms with E-state index in [1.54, 1.807) is 0 Å². The van der Waals surface area contributed by atoms with Crippen molar-refractivity contribution in [2.24, 2.45) is 5.16 Å². The minimum absolute atomic E-state index is 0.411. The molecular formula is C11H10N2O. The highest BCUT2D eigenvalue weighted by atomic mass is 16.6. The Morgan fingerprint density at radius 2 is 2.14 bits per heavy atom. The van der Waals surface area contributed by atoms with Crippen LogP contribution in [0.4, 0.5) is 0 Å². The van der Waals surface area contributed by atoms with E-state index in [2.05, 4.69) is 5.16 Å². The molecule has 0 fully saturated rings. The van der Waals surface area contributed by atoms with Gasteiger partial charge in [0.15, 0.2) is 0 Å². The molecule has 0 aliphatic carbocycles. The van der Waals surface area contributed by atoms with Crippen LogP contribution in [0.2, 0.25) is 0 Å². The minimum atomic E-state index is -0.411. The zero-order valence-corrected chi connectivity index (χ0v) is 7.90. The standard InChI is InChI=1S/C11H10N2O/c1-8-2-4-9(5-3-8)11-6-10(7-12)14-13-11/h2-5,10H,6H2,1H3/t10-/m0/s1. The Morgan fingerprint density at radius 3 is 2.71 bits per heavy atom. The first-order chi connectivity index (χ1) is 6.79. The summed E-state index contributed by atoms with van der Waals surface area (Å²) in [6.07, 6.45) is 0.172. The Bertz CT molecular complexity index is 400. The third-order valence-electron chi connectivity index (χ3n) is 2.20. The van der Waals surface area contributed by atoms with Crippen molar-refractivity contribution in [3.63, 3.8) is 0 Å². The Balaban J connectivity index is 2.18. The van der Waals surface area contributed by atoms with Crippen LogP contribution in [-0.4, -0.2) is 11.8 Å². The topological polar surface area (TPSA) is 45.4 Å². The smallest absolute Gasteiger partial charge is 0.218 e. The van der Waals surface area contributed by atoms with E-state index in [1.165, 1.54) is 5.56 Å². The summed E-state index contributed by atoms with van der Waals surface area (Å²) in [5.74, 6) is 0. The van der Waals surface area contributed by atoms with Gasteiger partial charge in [-0.2, -0.15) is 5.26 Å². The molecule has 1 heterocycles. The number of oxime groups is 1. The fourth-order valence-corrected chi connectivity index (χ4v) is 1.36. The maximum absolute atomic E-state index is 8.63. The van der Waals surface area contributed by atoms with Gasteiger partial charge in [0.1, 0.15) is 6.07 Å². The van der Waals surface area contributed by atoms with Crippen molar-refractivity contribution in [1.82, 2.24) is 0 Å². The molecule has 3 nitrogen and oxygen atoms in total. The van der Waals surface area contributed by atoms with Gasteiger partial charge in [-0.05, 0) is 12.5 Å². The van der Waals surface area contributed by atoms with E-state index in [9.17, 15) is 0 Å². The zero-order valence-electron chi connectivity index (χ0n) is 7.90. The maximum atomic E-state index is 8.63. The van der Waals surface area contributed by atoms with Crippen LogP contribution in [0.25, 0.3) is 0 Å². The highest BCUT2D eigenvalue weighted by Crippen LogP contribution is 2.16. The van der Waals surface area contributed by atoms with Crippen LogP contribution < -0.4 is 0 Å². The van der Waals surface area contributed by atoms with E-state index < -0.39 is 6.10 Å². The quantitative estimate of drug-likeness (QED) is 0.673. The van der Waals surface area contributed by atoms with Crippen molar-refractivity contribution >= 4 is 5.71 Å². The fraction of sp³-hybridized carbons (Fsp3) is 0.273. The summed E-state index contributed by atoms with van der Waals surface area (Å²) in [4.78, 5) is 4.93. The summed E-state index contributed by atoms with van der Waals surface area (Å²) in [6.45, 7) is 2.04. The van der Waals surface area contributed by atoms with Crippen LogP contribution in [-0.2, 0) is 4.84 Å². The lowest BCUT2D eigenvalue weighted by Gasteiger charge is -1.98. The van der Waals surface area contributed by atoms with Gasteiger partial charge in [0.25, 0.3) is 0 Å². The zero-order chi connectivity index (χ0) is 9.97. The van der Waals surface area contributed by atoms with Crippen LogP contribution in [0, 0.1) is 18.3 Å². The summed E-state index contributed by atoms with van der Waals surface area (Å²) in [6, 6.07) is 10.1. The predicted molar refractivity (Wildman–Crippen MR) is 52.8 cm³/mol. The van der Waals surface area contributed by atoms with Crippen molar-refractivity contribution < 1.29 is 4.84 Å². The molecule has 1 aromatic carbocycles. The molecule has 2 rings (SSSR count). The van der Waals surface area contributed by atoms with Crippen LogP contribution in [0.3, 0.4) is 0 Å². The van der Waals surface area contributed by atoms with E-state index in [1.807, 2.05) is 37.3 Å². The van der Waals surface area contributed by atoms with Crippen molar-refractivity contribution in [2.75, 3.05) is 0 Å². The van der Waals surface area contributed by atoms with Crippen LogP contribution in [0.15, 0.2) is 29.4 Å². The highest BCUT2D eigenvalue weighted by molar-refractivity contribution is 6.01. The molecule has 0 radical (unpaired) electrons.